The first-order chi connectivity index (χ1) is 21.4. The maximum absolute atomic E-state index is 12.1. The van der Waals surface area contributed by atoms with Gasteiger partial charge in [-0.15, -0.1) is 0 Å². The number of rotatable bonds is 13. The number of hydrogen-bond donors (Lipinski definition) is 3. The fourth-order valence-corrected chi connectivity index (χ4v) is 4.53. The molecule has 1 unspecified atom stereocenters. The molecule has 0 aliphatic carbocycles. The van der Waals surface area contributed by atoms with Crippen LogP contribution in [0.1, 0.15) is 22.3 Å². The Hall–Kier alpha value is -5.84. The maximum Gasteiger partial charge on any atom is 0.323 e. The SMILES string of the molecule is N#Cc1c(COc2cc(OCc3ccc4nonc4c3)c(CNC(CO)C(=O)O)cc2[N+](=O)[O-])cccc1-c1ccccc1. The van der Waals surface area contributed by atoms with Gasteiger partial charge >= 0.3 is 11.7 Å². The zero-order valence-corrected chi connectivity index (χ0v) is 23.0. The van der Waals surface area contributed by atoms with Crippen molar-refractivity contribution < 1.29 is 34.0 Å². The highest BCUT2D eigenvalue weighted by Gasteiger charge is 2.23. The lowest BCUT2D eigenvalue weighted by Crippen LogP contribution is -2.39. The van der Waals surface area contributed by atoms with E-state index in [9.17, 15) is 30.4 Å². The van der Waals surface area contributed by atoms with E-state index in [-0.39, 0.29) is 36.8 Å². The van der Waals surface area contributed by atoms with Crippen molar-refractivity contribution in [3.05, 3.63) is 111 Å². The van der Waals surface area contributed by atoms with E-state index < -0.39 is 29.2 Å². The van der Waals surface area contributed by atoms with E-state index in [2.05, 4.69) is 21.7 Å². The molecule has 0 aliphatic heterocycles. The average molecular weight is 596 g/mol. The molecule has 44 heavy (non-hydrogen) atoms. The highest BCUT2D eigenvalue weighted by atomic mass is 16.6. The molecule has 13 nitrogen and oxygen atoms in total. The van der Waals surface area contributed by atoms with Gasteiger partial charge in [0.15, 0.2) is 0 Å². The highest BCUT2D eigenvalue weighted by molar-refractivity contribution is 5.74. The summed E-state index contributed by atoms with van der Waals surface area (Å²) in [6.45, 7) is -0.988. The molecule has 0 aliphatic rings. The predicted molar refractivity (Wildman–Crippen MR) is 156 cm³/mol. The summed E-state index contributed by atoms with van der Waals surface area (Å²) < 4.78 is 16.7. The van der Waals surface area contributed by atoms with Crippen molar-refractivity contribution in [1.29, 1.82) is 5.26 Å². The van der Waals surface area contributed by atoms with E-state index in [1.807, 2.05) is 36.4 Å². The van der Waals surface area contributed by atoms with E-state index in [1.165, 1.54) is 12.1 Å². The van der Waals surface area contributed by atoms with Crippen molar-refractivity contribution in [3.63, 3.8) is 0 Å². The van der Waals surface area contributed by atoms with Crippen molar-refractivity contribution in [2.24, 2.45) is 0 Å². The van der Waals surface area contributed by atoms with E-state index in [0.717, 1.165) is 5.56 Å². The molecule has 4 aromatic carbocycles. The third kappa shape index (κ3) is 6.62. The van der Waals surface area contributed by atoms with Gasteiger partial charge < -0.3 is 19.7 Å². The Morgan fingerprint density at radius 2 is 1.75 bits per heavy atom. The number of carbonyl (C=O) groups is 1. The lowest BCUT2D eigenvalue weighted by molar-refractivity contribution is -0.386. The Morgan fingerprint density at radius 1 is 0.977 bits per heavy atom. The van der Waals surface area contributed by atoms with Crippen LogP contribution < -0.4 is 14.8 Å². The number of aliphatic hydroxyl groups is 1. The van der Waals surface area contributed by atoms with Crippen LogP contribution in [0.25, 0.3) is 22.2 Å². The first-order valence-electron chi connectivity index (χ1n) is 13.3. The summed E-state index contributed by atoms with van der Waals surface area (Å²) in [5.41, 5.74) is 4.08. The molecule has 0 spiro atoms. The minimum atomic E-state index is -1.30. The quantitative estimate of drug-likeness (QED) is 0.129. The molecule has 5 aromatic rings. The first kappa shape index (κ1) is 29.6. The lowest BCUT2D eigenvalue weighted by atomic mass is 9.96. The second-order valence-electron chi connectivity index (χ2n) is 9.62. The van der Waals surface area contributed by atoms with Gasteiger partial charge in [0.05, 0.1) is 17.1 Å². The Labute approximate surface area is 250 Å². The first-order valence-corrected chi connectivity index (χ1v) is 13.3. The summed E-state index contributed by atoms with van der Waals surface area (Å²) in [6.07, 6.45) is 0. The highest BCUT2D eigenvalue weighted by Crippen LogP contribution is 2.36. The normalized spacial score (nSPS) is 11.5. The molecule has 0 saturated heterocycles. The van der Waals surface area contributed by atoms with Gasteiger partial charge in [-0.1, -0.05) is 54.6 Å². The summed E-state index contributed by atoms with van der Waals surface area (Å²) in [7, 11) is 0. The van der Waals surface area contributed by atoms with Crippen LogP contribution in [0.2, 0.25) is 0 Å². The third-order valence-electron chi connectivity index (χ3n) is 6.80. The molecule has 0 fully saturated rings. The number of aliphatic hydroxyl groups excluding tert-OH is 1. The zero-order chi connectivity index (χ0) is 31.1. The van der Waals surface area contributed by atoms with Crippen LogP contribution in [0.4, 0.5) is 5.69 Å². The molecule has 1 atom stereocenters. The maximum atomic E-state index is 12.1. The summed E-state index contributed by atoms with van der Waals surface area (Å²) in [4.78, 5) is 22.9. The van der Waals surface area contributed by atoms with Crippen LogP contribution >= 0.6 is 0 Å². The van der Waals surface area contributed by atoms with Crippen LogP contribution in [-0.4, -0.2) is 44.1 Å². The van der Waals surface area contributed by atoms with Crippen molar-refractivity contribution in [2.75, 3.05) is 6.61 Å². The number of nitro benzene ring substituents is 1. The third-order valence-corrected chi connectivity index (χ3v) is 6.80. The Morgan fingerprint density at radius 3 is 2.48 bits per heavy atom. The number of fused-ring (bicyclic) bond motifs is 1. The Balaban J connectivity index is 1.46. The smallest absolute Gasteiger partial charge is 0.323 e. The molecule has 13 heteroatoms. The number of ether oxygens (including phenoxy) is 2. The fourth-order valence-electron chi connectivity index (χ4n) is 4.53. The number of carboxylic acids is 1. The number of nitrogens with zero attached hydrogens (tertiary/aromatic N) is 4. The molecule has 0 saturated carbocycles. The van der Waals surface area contributed by atoms with Crippen LogP contribution in [0.5, 0.6) is 11.5 Å². The van der Waals surface area contributed by atoms with Crippen molar-refractivity contribution in [3.8, 4) is 28.7 Å². The van der Waals surface area contributed by atoms with E-state index in [1.54, 1.807) is 30.3 Å². The second kappa shape index (κ2) is 13.4. The number of nitro groups is 1. The number of nitrogens with one attached hydrogen (secondary N) is 1. The summed E-state index contributed by atoms with van der Waals surface area (Å²) in [5.74, 6) is -1.22. The van der Waals surface area contributed by atoms with Crippen LogP contribution in [0.15, 0.2) is 83.5 Å². The molecule has 0 bridgehead atoms. The molecule has 0 radical (unpaired) electrons. The molecule has 222 valence electrons. The molecule has 0 amide bonds. The van der Waals surface area contributed by atoms with Crippen molar-refractivity contribution in [1.82, 2.24) is 15.6 Å². The minimum absolute atomic E-state index is 0.0209. The van der Waals surface area contributed by atoms with Crippen LogP contribution in [-0.2, 0) is 24.6 Å². The second-order valence-corrected chi connectivity index (χ2v) is 9.62. The van der Waals surface area contributed by atoms with Gasteiger partial charge in [0, 0.05) is 29.8 Å². The predicted octanol–water partition coefficient (Wildman–Crippen LogP) is 4.36. The van der Waals surface area contributed by atoms with Gasteiger partial charge in [-0.25, -0.2) is 4.63 Å². The van der Waals surface area contributed by atoms with Crippen molar-refractivity contribution in [2.45, 2.75) is 25.8 Å². The topological polar surface area (TPSA) is 194 Å². The van der Waals surface area contributed by atoms with E-state index in [4.69, 9.17) is 14.1 Å². The molecule has 3 N–H and O–H groups in total. The standard InChI is InChI=1S/C31H25N5O8/c32-14-24-21(7-4-8-23(24)20-5-2-1-3-6-20)18-43-30-13-29(42-17-19-9-10-25-26(11-19)35-44-34-25)22(12-28(30)36(40)41)15-33-27(16-37)31(38)39/h1-13,27,33,37H,15-18H2,(H,38,39). The van der Waals surface area contributed by atoms with Gasteiger partial charge in [0.25, 0.3) is 0 Å². The van der Waals surface area contributed by atoms with Gasteiger partial charge in [0.2, 0.25) is 5.75 Å². The van der Waals surface area contributed by atoms with Crippen LogP contribution in [0, 0.1) is 21.4 Å². The molecular formula is C31H25N5O8. The molecule has 5 rings (SSSR count). The number of hydrogen-bond acceptors (Lipinski definition) is 11. The molecule has 1 heterocycles. The van der Waals surface area contributed by atoms with Crippen LogP contribution in [0.3, 0.4) is 0 Å². The number of nitriles is 1. The largest absolute Gasteiger partial charge is 0.488 e. The van der Waals surface area contributed by atoms with Crippen molar-refractivity contribution >= 4 is 22.7 Å². The van der Waals surface area contributed by atoms with Gasteiger partial charge in [-0.3, -0.25) is 20.2 Å². The average Bonchev–Trinajstić information content (AvgIpc) is 3.51. The number of carboxylic acid groups (broad SMARTS) is 1. The monoisotopic (exact) mass is 595 g/mol. The molecule has 1 aromatic heterocycles. The number of aromatic nitrogens is 2. The fraction of sp³-hybridized carbons (Fsp3) is 0.161. The Bertz CT molecular complexity index is 1850. The number of aliphatic carboxylic acids is 1. The van der Waals surface area contributed by atoms with Gasteiger partial charge in [0.1, 0.15) is 42.1 Å². The lowest BCUT2D eigenvalue weighted by Gasteiger charge is -2.17. The summed E-state index contributed by atoms with van der Waals surface area (Å²) in [6, 6.07) is 23.3. The minimum Gasteiger partial charge on any atom is -0.488 e. The summed E-state index contributed by atoms with van der Waals surface area (Å²) in [5, 5.41) is 51.0. The number of benzene rings is 4. The Kier molecular flexibility index (Phi) is 9.05. The molecular weight excluding hydrogens is 570 g/mol. The van der Waals surface area contributed by atoms with E-state index in [0.29, 0.717) is 33.3 Å². The zero-order valence-electron chi connectivity index (χ0n) is 23.0. The van der Waals surface area contributed by atoms with E-state index >= 15 is 0 Å². The summed E-state index contributed by atoms with van der Waals surface area (Å²) >= 11 is 0. The van der Waals surface area contributed by atoms with Gasteiger partial charge in [-0.05, 0) is 39.1 Å². The van der Waals surface area contributed by atoms with Gasteiger partial charge in [-0.2, -0.15) is 5.26 Å².